The monoisotopic (exact) mass is 332 g/mol. The molecule has 0 spiro atoms. The average Bonchev–Trinajstić information content (AvgIpc) is 2.89. The maximum atomic E-state index is 12.2. The Kier molecular flexibility index (Phi) is 4.34. The van der Waals surface area contributed by atoms with E-state index in [4.69, 9.17) is 11.6 Å². The standard InChI is InChI=1S/C16H17ClN4O2/c1-11-7-15-20(16(23)5-6-21(15)19-11)10-14(22)18-9-12-3-2-4-13(17)8-12/h2-4,7-8H,5-6,9-10H2,1H3,(H,18,22). The van der Waals surface area contributed by atoms with Gasteiger partial charge < -0.3 is 5.32 Å². The number of hydrogen-bond acceptors (Lipinski definition) is 3. The van der Waals surface area contributed by atoms with Gasteiger partial charge in [-0.05, 0) is 24.6 Å². The van der Waals surface area contributed by atoms with Crippen molar-refractivity contribution in [3.8, 4) is 0 Å². The number of carbonyl (C=O) groups excluding carboxylic acids is 2. The minimum absolute atomic E-state index is 0.00939. The number of aryl methyl sites for hydroxylation is 2. The maximum Gasteiger partial charge on any atom is 0.240 e. The summed E-state index contributed by atoms with van der Waals surface area (Å²) >= 11 is 5.92. The number of rotatable bonds is 4. The van der Waals surface area contributed by atoms with E-state index >= 15 is 0 Å². The summed E-state index contributed by atoms with van der Waals surface area (Å²) in [6.07, 6.45) is 0.357. The van der Waals surface area contributed by atoms with Crippen molar-refractivity contribution in [2.45, 2.75) is 26.4 Å². The zero-order valence-electron chi connectivity index (χ0n) is 12.8. The number of benzene rings is 1. The lowest BCUT2D eigenvalue weighted by atomic mass is 10.2. The van der Waals surface area contributed by atoms with E-state index in [9.17, 15) is 9.59 Å². The molecular weight excluding hydrogens is 316 g/mol. The van der Waals surface area contributed by atoms with Gasteiger partial charge in [0.1, 0.15) is 12.4 Å². The third-order valence-electron chi connectivity index (χ3n) is 3.68. The molecule has 2 amide bonds. The molecule has 0 unspecified atom stereocenters. The molecule has 23 heavy (non-hydrogen) atoms. The van der Waals surface area contributed by atoms with Gasteiger partial charge in [0.25, 0.3) is 0 Å². The summed E-state index contributed by atoms with van der Waals surface area (Å²) in [6.45, 7) is 2.79. The number of aromatic nitrogens is 2. The zero-order valence-corrected chi connectivity index (χ0v) is 13.5. The smallest absolute Gasteiger partial charge is 0.240 e. The Morgan fingerprint density at radius 1 is 1.39 bits per heavy atom. The number of hydrogen-bond donors (Lipinski definition) is 1. The molecule has 1 aliphatic heterocycles. The lowest BCUT2D eigenvalue weighted by Gasteiger charge is -2.26. The highest BCUT2D eigenvalue weighted by molar-refractivity contribution is 6.30. The minimum Gasteiger partial charge on any atom is -0.350 e. The van der Waals surface area contributed by atoms with E-state index in [2.05, 4.69) is 10.4 Å². The number of halogens is 1. The second kappa shape index (κ2) is 6.42. The Balaban J connectivity index is 1.64. The lowest BCUT2D eigenvalue weighted by molar-refractivity contribution is -0.124. The molecule has 6 nitrogen and oxygen atoms in total. The van der Waals surface area contributed by atoms with Crippen LogP contribution >= 0.6 is 11.6 Å². The summed E-state index contributed by atoms with van der Waals surface area (Å²) in [4.78, 5) is 25.8. The normalized spacial score (nSPS) is 13.8. The first-order valence-electron chi connectivity index (χ1n) is 7.39. The summed E-state index contributed by atoms with van der Waals surface area (Å²) in [5.41, 5.74) is 1.75. The number of nitrogens with one attached hydrogen (secondary N) is 1. The molecule has 2 heterocycles. The number of anilines is 1. The third-order valence-corrected chi connectivity index (χ3v) is 3.91. The zero-order chi connectivity index (χ0) is 16.4. The summed E-state index contributed by atoms with van der Waals surface area (Å²) in [7, 11) is 0. The summed E-state index contributed by atoms with van der Waals surface area (Å²) in [5.74, 6) is 0.401. The van der Waals surface area contributed by atoms with Crippen molar-refractivity contribution in [2.24, 2.45) is 0 Å². The molecule has 1 aliphatic rings. The molecule has 120 valence electrons. The Morgan fingerprint density at radius 2 is 2.22 bits per heavy atom. The molecule has 0 radical (unpaired) electrons. The van der Waals surface area contributed by atoms with Crippen LogP contribution in [0.1, 0.15) is 17.7 Å². The molecule has 1 N–H and O–H groups in total. The van der Waals surface area contributed by atoms with Crippen LogP contribution in [0.4, 0.5) is 5.82 Å². The SMILES string of the molecule is Cc1cc2n(n1)CCC(=O)N2CC(=O)NCc1cccc(Cl)c1. The Morgan fingerprint density at radius 3 is 3.00 bits per heavy atom. The summed E-state index contributed by atoms with van der Waals surface area (Å²) in [5, 5.41) is 7.76. The molecule has 1 aromatic carbocycles. The van der Waals surface area contributed by atoms with Crippen molar-refractivity contribution >= 4 is 29.2 Å². The van der Waals surface area contributed by atoms with E-state index in [1.807, 2.05) is 25.1 Å². The first kappa shape index (κ1) is 15.6. The van der Waals surface area contributed by atoms with E-state index in [0.717, 1.165) is 11.3 Å². The van der Waals surface area contributed by atoms with Crippen LogP contribution < -0.4 is 10.2 Å². The highest BCUT2D eigenvalue weighted by Gasteiger charge is 2.27. The molecule has 0 atom stereocenters. The molecule has 0 aliphatic carbocycles. The molecule has 0 fully saturated rings. The highest BCUT2D eigenvalue weighted by atomic mass is 35.5. The predicted molar refractivity (Wildman–Crippen MR) is 87.2 cm³/mol. The highest BCUT2D eigenvalue weighted by Crippen LogP contribution is 2.22. The van der Waals surface area contributed by atoms with Gasteiger partial charge in [0.2, 0.25) is 11.8 Å². The molecule has 0 bridgehead atoms. The topological polar surface area (TPSA) is 67.2 Å². The van der Waals surface area contributed by atoms with Crippen LogP contribution in [-0.2, 0) is 22.7 Å². The van der Waals surface area contributed by atoms with Gasteiger partial charge in [0.15, 0.2) is 0 Å². The van der Waals surface area contributed by atoms with E-state index in [1.54, 1.807) is 16.8 Å². The molecule has 2 aromatic rings. The van der Waals surface area contributed by atoms with Crippen molar-refractivity contribution in [3.05, 3.63) is 46.6 Å². The van der Waals surface area contributed by atoms with Crippen molar-refractivity contribution < 1.29 is 9.59 Å². The fourth-order valence-electron chi connectivity index (χ4n) is 2.59. The van der Waals surface area contributed by atoms with Crippen LogP contribution in [0.5, 0.6) is 0 Å². The van der Waals surface area contributed by atoms with Crippen LogP contribution in [0.3, 0.4) is 0 Å². The van der Waals surface area contributed by atoms with Crippen LogP contribution in [0.25, 0.3) is 0 Å². The fourth-order valence-corrected chi connectivity index (χ4v) is 2.81. The minimum atomic E-state index is -0.217. The van der Waals surface area contributed by atoms with Crippen molar-refractivity contribution in [1.82, 2.24) is 15.1 Å². The van der Waals surface area contributed by atoms with Gasteiger partial charge in [-0.25, -0.2) is 4.68 Å². The molecule has 7 heteroatoms. The van der Waals surface area contributed by atoms with E-state index in [0.29, 0.717) is 30.4 Å². The molecule has 0 saturated carbocycles. The van der Waals surface area contributed by atoms with Crippen LogP contribution in [-0.4, -0.2) is 28.1 Å². The van der Waals surface area contributed by atoms with Gasteiger partial charge in [-0.3, -0.25) is 14.5 Å². The fraction of sp³-hybridized carbons (Fsp3) is 0.312. The molecule has 3 rings (SSSR count). The molecule has 1 aromatic heterocycles. The first-order valence-corrected chi connectivity index (χ1v) is 7.77. The third kappa shape index (κ3) is 3.53. The second-order valence-corrected chi connectivity index (χ2v) is 5.94. The van der Waals surface area contributed by atoms with Crippen molar-refractivity contribution in [1.29, 1.82) is 0 Å². The molecular formula is C16H17ClN4O2. The van der Waals surface area contributed by atoms with E-state index in [1.165, 1.54) is 4.90 Å². The first-order chi connectivity index (χ1) is 11.0. The summed E-state index contributed by atoms with van der Waals surface area (Å²) in [6, 6.07) is 9.12. The number of nitrogens with zero attached hydrogens (tertiary/aromatic N) is 3. The second-order valence-electron chi connectivity index (χ2n) is 5.50. The van der Waals surface area contributed by atoms with Gasteiger partial charge in [-0.1, -0.05) is 23.7 Å². The number of fused-ring (bicyclic) bond motifs is 1. The Bertz CT molecular complexity index is 756. The Hall–Kier alpha value is -2.34. The van der Waals surface area contributed by atoms with Crippen LogP contribution in [0.15, 0.2) is 30.3 Å². The van der Waals surface area contributed by atoms with E-state index in [-0.39, 0.29) is 18.4 Å². The number of carbonyl (C=O) groups is 2. The predicted octanol–water partition coefficient (Wildman–Crippen LogP) is 1.90. The average molecular weight is 333 g/mol. The van der Waals surface area contributed by atoms with Crippen molar-refractivity contribution in [2.75, 3.05) is 11.4 Å². The Labute approximate surface area is 139 Å². The van der Waals surface area contributed by atoms with E-state index < -0.39 is 0 Å². The molecule has 0 saturated heterocycles. The van der Waals surface area contributed by atoms with Gasteiger partial charge >= 0.3 is 0 Å². The summed E-state index contributed by atoms with van der Waals surface area (Å²) < 4.78 is 1.76. The van der Waals surface area contributed by atoms with Gasteiger partial charge in [-0.15, -0.1) is 0 Å². The maximum absolute atomic E-state index is 12.2. The quantitative estimate of drug-likeness (QED) is 0.929. The van der Waals surface area contributed by atoms with Gasteiger partial charge in [0, 0.05) is 24.1 Å². The largest absolute Gasteiger partial charge is 0.350 e. The lowest BCUT2D eigenvalue weighted by Crippen LogP contribution is -2.44. The van der Waals surface area contributed by atoms with Gasteiger partial charge in [0.05, 0.1) is 12.2 Å². The number of amides is 2. The van der Waals surface area contributed by atoms with Gasteiger partial charge in [-0.2, -0.15) is 5.10 Å². The van der Waals surface area contributed by atoms with Crippen LogP contribution in [0.2, 0.25) is 5.02 Å². The van der Waals surface area contributed by atoms with Crippen LogP contribution in [0, 0.1) is 6.92 Å². The van der Waals surface area contributed by atoms with Crippen molar-refractivity contribution in [3.63, 3.8) is 0 Å².